The van der Waals surface area contributed by atoms with Crippen molar-refractivity contribution in [2.75, 3.05) is 13.1 Å². The number of amides is 1. The summed E-state index contributed by atoms with van der Waals surface area (Å²) >= 11 is 1.33. The minimum absolute atomic E-state index is 0.0369. The van der Waals surface area contributed by atoms with Crippen molar-refractivity contribution in [3.8, 4) is 5.88 Å². The number of ether oxygens (including phenoxy) is 1. The molecule has 0 aromatic carbocycles. The number of aromatic nitrogens is 3. The van der Waals surface area contributed by atoms with Gasteiger partial charge < -0.3 is 9.64 Å². The number of aryl methyl sites for hydroxylation is 2. The Morgan fingerprint density at radius 2 is 2.30 bits per heavy atom. The molecule has 0 bridgehead atoms. The van der Waals surface area contributed by atoms with Gasteiger partial charge in [0, 0.05) is 13.0 Å². The number of carbonyl (C=O) groups excluding carboxylic acids is 1. The molecule has 1 aliphatic rings. The summed E-state index contributed by atoms with van der Waals surface area (Å²) in [5.41, 5.74) is 2.73. The third kappa shape index (κ3) is 3.17. The van der Waals surface area contributed by atoms with Gasteiger partial charge >= 0.3 is 0 Å². The van der Waals surface area contributed by atoms with Gasteiger partial charge in [0.25, 0.3) is 11.8 Å². The molecule has 122 valence electrons. The topological polar surface area (TPSA) is 68.2 Å². The summed E-state index contributed by atoms with van der Waals surface area (Å²) in [4.78, 5) is 26.6. The minimum Gasteiger partial charge on any atom is -0.470 e. The summed E-state index contributed by atoms with van der Waals surface area (Å²) in [6.07, 6.45) is 2.16. The summed E-state index contributed by atoms with van der Waals surface area (Å²) in [6.45, 7) is 4.63. The van der Waals surface area contributed by atoms with Gasteiger partial charge in [-0.25, -0.2) is 9.97 Å². The smallest absolute Gasteiger partial charge is 0.265 e. The van der Waals surface area contributed by atoms with E-state index in [0.717, 1.165) is 5.69 Å². The van der Waals surface area contributed by atoms with Gasteiger partial charge in [-0.1, -0.05) is 6.92 Å². The zero-order valence-corrected chi connectivity index (χ0v) is 13.8. The lowest BCUT2D eigenvalue weighted by Crippen LogP contribution is -2.31. The molecule has 0 saturated carbocycles. The first kappa shape index (κ1) is 15.8. The fraction of sp³-hybridized carbons (Fsp3) is 0.467. The quantitative estimate of drug-likeness (QED) is 0.856. The number of carbonyl (C=O) groups is 1. The second-order valence-corrected chi connectivity index (χ2v) is 6.19. The Bertz CT molecular complexity index is 721. The van der Waals surface area contributed by atoms with Gasteiger partial charge in [0.1, 0.15) is 17.3 Å². The maximum Gasteiger partial charge on any atom is 0.265 e. The van der Waals surface area contributed by atoms with Crippen LogP contribution in [0.2, 0.25) is 0 Å². The van der Waals surface area contributed by atoms with Crippen molar-refractivity contribution in [3.05, 3.63) is 33.9 Å². The first-order valence-electron chi connectivity index (χ1n) is 7.45. The number of nitrogens with zero attached hydrogens (tertiary/aromatic N) is 4. The predicted octanol–water partition coefficient (Wildman–Crippen LogP) is 2.24. The molecule has 0 unspecified atom stereocenters. The molecule has 1 saturated heterocycles. The molecule has 1 amide bonds. The van der Waals surface area contributed by atoms with Crippen molar-refractivity contribution in [2.45, 2.75) is 32.8 Å². The van der Waals surface area contributed by atoms with E-state index in [9.17, 15) is 9.18 Å². The number of hydrogen-bond acceptors (Lipinski definition) is 6. The molecule has 0 spiro atoms. The monoisotopic (exact) mass is 336 g/mol. The molecule has 3 heterocycles. The van der Waals surface area contributed by atoms with Crippen molar-refractivity contribution in [1.29, 1.82) is 0 Å². The highest BCUT2D eigenvalue weighted by Gasteiger charge is 2.30. The lowest BCUT2D eigenvalue weighted by Gasteiger charge is -2.16. The summed E-state index contributed by atoms with van der Waals surface area (Å²) in [5.74, 6) is -0.600. The van der Waals surface area contributed by atoms with Crippen LogP contribution in [0, 0.1) is 12.7 Å². The zero-order chi connectivity index (χ0) is 16.4. The second-order valence-electron chi connectivity index (χ2n) is 5.34. The van der Waals surface area contributed by atoms with Gasteiger partial charge in [-0.2, -0.15) is 9.37 Å². The van der Waals surface area contributed by atoms with E-state index in [1.165, 1.54) is 17.7 Å². The average Bonchev–Trinajstić information content (AvgIpc) is 3.18. The van der Waals surface area contributed by atoms with Crippen LogP contribution in [0.4, 0.5) is 4.39 Å². The van der Waals surface area contributed by atoms with E-state index in [2.05, 4.69) is 15.0 Å². The number of likely N-dealkylation sites (tertiary alicyclic amines) is 1. The van der Waals surface area contributed by atoms with E-state index in [0.29, 0.717) is 36.5 Å². The maximum absolute atomic E-state index is 14.1. The van der Waals surface area contributed by atoms with E-state index < -0.39 is 5.82 Å². The SMILES string of the molecule is CCc1ncnc(O[C@H]2CCN(C(=O)c3scnc3C)C2)c1F. The maximum atomic E-state index is 14.1. The van der Waals surface area contributed by atoms with Gasteiger partial charge in [0.15, 0.2) is 0 Å². The first-order chi connectivity index (χ1) is 11.1. The van der Waals surface area contributed by atoms with Gasteiger partial charge in [-0.15, -0.1) is 11.3 Å². The van der Waals surface area contributed by atoms with Crippen LogP contribution >= 0.6 is 11.3 Å². The number of rotatable bonds is 4. The van der Waals surface area contributed by atoms with Crippen LogP contribution in [0.1, 0.15) is 34.4 Å². The molecule has 0 aliphatic carbocycles. The van der Waals surface area contributed by atoms with Crippen molar-refractivity contribution in [3.63, 3.8) is 0 Å². The Morgan fingerprint density at radius 1 is 1.48 bits per heavy atom. The normalized spacial score (nSPS) is 17.5. The summed E-state index contributed by atoms with van der Waals surface area (Å²) in [5, 5.41) is 0. The summed E-state index contributed by atoms with van der Waals surface area (Å²) in [7, 11) is 0. The first-order valence-corrected chi connectivity index (χ1v) is 8.33. The van der Waals surface area contributed by atoms with E-state index in [1.54, 1.807) is 10.4 Å². The van der Waals surface area contributed by atoms with Crippen LogP contribution in [0.5, 0.6) is 5.88 Å². The standard InChI is InChI=1S/C15H17FN4O2S/c1-3-11-12(16)14(18-7-17-11)22-10-4-5-20(6-10)15(21)13-9(2)19-8-23-13/h7-8,10H,3-6H2,1-2H3/t10-/m0/s1. The molecule has 1 aliphatic heterocycles. The van der Waals surface area contributed by atoms with Crippen molar-refractivity contribution >= 4 is 17.2 Å². The fourth-order valence-corrected chi connectivity index (χ4v) is 3.30. The van der Waals surface area contributed by atoms with Crippen molar-refractivity contribution in [1.82, 2.24) is 19.9 Å². The molecule has 0 radical (unpaired) electrons. The minimum atomic E-state index is -0.516. The van der Waals surface area contributed by atoms with E-state index in [4.69, 9.17) is 4.74 Å². The van der Waals surface area contributed by atoms with E-state index >= 15 is 0 Å². The molecule has 23 heavy (non-hydrogen) atoms. The van der Waals surface area contributed by atoms with Crippen molar-refractivity contribution < 1.29 is 13.9 Å². The highest BCUT2D eigenvalue weighted by molar-refractivity contribution is 7.11. The molecule has 2 aromatic heterocycles. The third-order valence-corrected chi connectivity index (χ3v) is 4.73. The Morgan fingerprint density at radius 3 is 3.00 bits per heavy atom. The van der Waals surface area contributed by atoms with Crippen LogP contribution in [-0.4, -0.2) is 45.0 Å². The molecule has 1 atom stereocenters. The predicted molar refractivity (Wildman–Crippen MR) is 83.2 cm³/mol. The van der Waals surface area contributed by atoms with Crippen LogP contribution in [0.25, 0.3) is 0 Å². The Balaban J connectivity index is 1.67. The molecule has 2 aromatic rings. The molecule has 6 nitrogen and oxygen atoms in total. The molecular weight excluding hydrogens is 319 g/mol. The van der Waals surface area contributed by atoms with Crippen LogP contribution < -0.4 is 4.74 Å². The number of hydrogen-bond donors (Lipinski definition) is 0. The summed E-state index contributed by atoms with van der Waals surface area (Å²) in [6, 6.07) is 0. The van der Waals surface area contributed by atoms with Gasteiger partial charge in [-0.05, 0) is 13.3 Å². The summed E-state index contributed by atoms with van der Waals surface area (Å²) < 4.78 is 19.8. The Kier molecular flexibility index (Phi) is 4.51. The van der Waals surface area contributed by atoms with Gasteiger partial charge in [-0.3, -0.25) is 4.79 Å². The highest BCUT2D eigenvalue weighted by atomic mass is 32.1. The third-order valence-electron chi connectivity index (χ3n) is 3.81. The van der Waals surface area contributed by atoms with Crippen LogP contribution in [0.15, 0.2) is 11.8 Å². The molecule has 3 rings (SSSR count). The van der Waals surface area contributed by atoms with Crippen LogP contribution in [-0.2, 0) is 6.42 Å². The Labute approximate surface area is 137 Å². The number of halogens is 1. The molecular formula is C15H17FN4O2S. The largest absolute Gasteiger partial charge is 0.470 e. The van der Waals surface area contributed by atoms with Crippen molar-refractivity contribution in [2.24, 2.45) is 0 Å². The van der Waals surface area contributed by atoms with Gasteiger partial charge in [0.05, 0.1) is 23.4 Å². The second kappa shape index (κ2) is 6.57. The van der Waals surface area contributed by atoms with Crippen LogP contribution in [0.3, 0.4) is 0 Å². The van der Waals surface area contributed by atoms with E-state index in [1.807, 2.05) is 13.8 Å². The lowest BCUT2D eigenvalue weighted by atomic mass is 10.3. The molecule has 1 fully saturated rings. The zero-order valence-electron chi connectivity index (χ0n) is 13.0. The van der Waals surface area contributed by atoms with E-state index in [-0.39, 0.29) is 17.9 Å². The molecule has 8 heteroatoms. The average molecular weight is 336 g/mol. The fourth-order valence-electron chi connectivity index (χ4n) is 2.53. The Hall–Kier alpha value is -2.09. The highest BCUT2D eigenvalue weighted by Crippen LogP contribution is 2.23. The number of thiazole rings is 1. The lowest BCUT2D eigenvalue weighted by molar-refractivity contribution is 0.0773. The molecule has 0 N–H and O–H groups in total. The van der Waals surface area contributed by atoms with Gasteiger partial charge in [0.2, 0.25) is 5.82 Å².